The van der Waals surface area contributed by atoms with Gasteiger partial charge < -0.3 is 9.80 Å². The molecule has 7 heteroatoms. The number of aromatic nitrogens is 2. The Kier molecular flexibility index (Phi) is 5.60. The summed E-state index contributed by atoms with van der Waals surface area (Å²) in [4.78, 5) is 36.8. The Hall–Kier alpha value is -2.47. The number of hydrogen-bond acceptors (Lipinski definition) is 5. The van der Waals surface area contributed by atoms with E-state index in [1.54, 1.807) is 47.6 Å². The molecule has 1 amide bonds. The van der Waals surface area contributed by atoms with Gasteiger partial charge in [0.05, 0.1) is 0 Å². The standard InChI is InChI=1S/C18H19ClN4O2/c19-15-4-2-14(3-5-15)16(24)6-7-17(25)22-10-12-23(13-11-22)18-20-8-1-9-21-18/h1-5,8-9H,6-7,10-13H2. The second-order valence-electron chi connectivity index (χ2n) is 5.85. The van der Waals surface area contributed by atoms with Crippen molar-refractivity contribution in [3.05, 3.63) is 53.3 Å². The lowest BCUT2D eigenvalue weighted by Crippen LogP contribution is -2.49. The van der Waals surface area contributed by atoms with Gasteiger partial charge >= 0.3 is 0 Å². The molecule has 0 N–H and O–H groups in total. The van der Waals surface area contributed by atoms with E-state index in [1.807, 2.05) is 0 Å². The Bertz CT molecular complexity index is 729. The number of hydrogen-bond donors (Lipinski definition) is 0. The number of carbonyl (C=O) groups is 2. The molecule has 25 heavy (non-hydrogen) atoms. The van der Waals surface area contributed by atoms with Gasteiger partial charge in [-0.3, -0.25) is 9.59 Å². The van der Waals surface area contributed by atoms with Gasteiger partial charge in [0.1, 0.15) is 0 Å². The second-order valence-corrected chi connectivity index (χ2v) is 6.28. The van der Waals surface area contributed by atoms with E-state index in [1.165, 1.54) is 0 Å². The summed E-state index contributed by atoms with van der Waals surface area (Å²) in [5.74, 6) is 0.657. The minimum atomic E-state index is -0.0404. The van der Waals surface area contributed by atoms with Crippen LogP contribution in [0.5, 0.6) is 0 Å². The van der Waals surface area contributed by atoms with Crippen LogP contribution in [0.4, 0.5) is 5.95 Å². The summed E-state index contributed by atoms with van der Waals surface area (Å²) in [6, 6.07) is 8.52. The number of rotatable bonds is 5. The van der Waals surface area contributed by atoms with E-state index >= 15 is 0 Å². The summed E-state index contributed by atoms with van der Waals surface area (Å²) in [5.41, 5.74) is 0.586. The highest BCUT2D eigenvalue weighted by Crippen LogP contribution is 2.14. The van der Waals surface area contributed by atoms with Gasteiger partial charge in [-0.05, 0) is 30.3 Å². The monoisotopic (exact) mass is 358 g/mol. The second kappa shape index (κ2) is 8.07. The first kappa shape index (κ1) is 17.4. The molecule has 2 aromatic rings. The lowest BCUT2D eigenvalue weighted by Gasteiger charge is -2.34. The van der Waals surface area contributed by atoms with Crippen molar-refractivity contribution in [1.82, 2.24) is 14.9 Å². The van der Waals surface area contributed by atoms with Gasteiger partial charge in [0.15, 0.2) is 5.78 Å². The number of carbonyl (C=O) groups excluding carboxylic acids is 2. The van der Waals surface area contributed by atoms with Crippen LogP contribution in [0.1, 0.15) is 23.2 Å². The molecule has 1 aliphatic heterocycles. The minimum Gasteiger partial charge on any atom is -0.339 e. The normalized spacial score (nSPS) is 14.4. The summed E-state index contributed by atoms with van der Waals surface area (Å²) in [7, 11) is 0. The number of amides is 1. The van der Waals surface area contributed by atoms with Gasteiger partial charge in [-0.25, -0.2) is 9.97 Å². The lowest BCUT2D eigenvalue weighted by molar-refractivity contribution is -0.131. The van der Waals surface area contributed by atoms with Crippen LogP contribution in [0.3, 0.4) is 0 Å². The third-order valence-corrected chi connectivity index (χ3v) is 4.45. The molecule has 130 valence electrons. The molecule has 1 aromatic heterocycles. The molecule has 2 heterocycles. The van der Waals surface area contributed by atoms with E-state index in [4.69, 9.17) is 11.6 Å². The topological polar surface area (TPSA) is 66.4 Å². The predicted molar refractivity (Wildman–Crippen MR) is 95.8 cm³/mol. The number of benzene rings is 1. The van der Waals surface area contributed by atoms with Crippen LogP contribution in [0.25, 0.3) is 0 Å². The Labute approximate surface area is 151 Å². The van der Waals surface area contributed by atoms with Crippen molar-refractivity contribution in [3.63, 3.8) is 0 Å². The van der Waals surface area contributed by atoms with Gasteiger partial charge in [0, 0.05) is 62.0 Å². The van der Waals surface area contributed by atoms with Crippen LogP contribution in [0.2, 0.25) is 5.02 Å². The Morgan fingerprint density at radius 1 is 0.960 bits per heavy atom. The number of piperazine rings is 1. The summed E-state index contributed by atoms with van der Waals surface area (Å²) in [5, 5.41) is 0.591. The van der Waals surface area contributed by atoms with Gasteiger partial charge in [-0.2, -0.15) is 0 Å². The molecule has 0 aliphatic carbocycles. The molecule has 1 saturated heterocycles. The molecule has 0 radical (unpaired) electrons. The summed E-state index contributed by atoms with van der Waals surface area (Å²) in [6.45, 7) is 2.63. The molecular weight excluding hydrogens is 340 g/mol. The van der Waals surface area contributed by atoms with E-state index in [2.05, 4.69) is 14.9 Å². The first-order chi connectivity index (χ1) is 12.1. The van der Waals surface area contributed by atoms with Crippen molar-refractivity contribution in [2.45, 2.75) is 12.8 Å². The molecule has 0 unspecified atom stereocenters. The predicted octanol–water partition coefficient (Wildman–Crippen LogP) is 2.44. The highest BCUT2D eigenvalue weighted by Gasteiger charge is 2.22. The maximum atomic E-state index is 12.3. The van der Waals surface area contributed by atoms with Crippen molar-refractivity contribution in [2.24, 2.45) is 0 Å². The average Bonchev–Trinajstić information content (AvgIpc) is 2.67. The van der Waals surface area contributed by atoms with E-state index in [9.17, 15) is 9.59 Å². The number of Topliss-reactive ketones (excluding diaryl/α,β-unsaturated/α-hetero) is 1. The van der Waals surface area contributed by atoms with Gasteiger partial charge in [-0.1, -0.05) is 11.6 Å². The van der Waals surface area contributed by atoms with Crippen LogP contribution in [-0.2, 0) is 4.79 Å². The number of ketones is 1. The smallest absolute Gasteiger partial charge is 0.225 e. The van der Waals surface area contributed by atoms with Crippen LogP contribution >= 0.6 is 11.6 Å². The first-order valence-corrected chi connectivity index (χ1v) is 8.60. The molecule has 6 nitrogen and oxygen atoms in total. The fraction of sp³-hybridized carbons (Fsp3) is 0.333. The Morgan fingerprint density at radius 3 is 2.24 bits per heavy atom. The lowest BCUT2D eigenvalue weighted by atomic mass is 10.1. The third kappa shape index (κ3) is 4.54. The zero-order chi connectivity index (χ0) is 17.6. The van der Waals surface area contributed by atoms with Crippen LogP contribution in [0.15, 0.2) is 42.7 Å². The minimum absolute atomic E-state index is 0.0101. The Morgan fingerprint density at radius 2 is 1.60 bits per heavy atom. The van der Waals surface area contributed by atoms with Crippen molar-refractivity contribution in [2.75, 3.05) is 31.1 Å². The molecule has 1 fully saturated rings. The van der Waals surface area contributed by atoms with Crippen LogP contribution in [0, 0.1) is 0 Å². The van der Waals surface area contributed by atoms with E-state index in [0.29, 0.717) is 42.7 Å². The third-order valence-electron chi connectivity index (χ3n) is 4.20. The molecular formula is C18H19ClN4O2. The molecule has 0 bridgehead atoms. The number of halogens is 1. The van der Waals surface area contributed by atoms with Crippen molar-refractivity contribution < 1.29 is 9.59 Å². The highest BCUT2D eigenvalue weighted by molar-refractivity contribution is 6.30. The van der Waals surface area contributed by atoms with Crippen LogP contribution < -0.4 is 4.90 Å². The molecule has 0 saturated carbocycles. The number of nitrogens with zero attached hydrogens (tertiary/aromatic N) is 4. The zero-order valence-corrected chi connectivity index (χ0v) is 14.5. The fourth-order valence-corrected chi connectivity index (χ4v) is 2.90. The van der Waals surface area contributed by atoms with Crippen LogP contribution in [-0.4, -0.2) is 52.7 Å². The van der Waals surface area contributed by atoms with Gasteiger partial charge in [0.2, 0.25) is 11.9 Å². The number of anilines is 1. The highest BCUT2D eigenvalue weighted by atomic mass is 35.5. The summed E-state index contributed by atoms with van der Waals surface area (Å²) < 4.78 is 0. The molecule has 1 aromatic carbocycles. The fourth-order valence-electron chi connectivity index (χ4n) is 2.77. The molecule has 0 spiro atoms. The van der Waals surface area contributed by atoms with Gasteiger partial charge in [0.25, 0.3) is 0 Å². The zero-order valence-electron chi connectivity index (χ0n) is 13.8. The van der Waals surface area contributed by atoms with Gasteiger partial charge in [-0.15, -0.1) is 0 Å². The average molecular weight is 359 g/mol. The van der Waals surface area contributed by atoms with Crippen molar-refractivity contribution in [1.29, 1.82) is 0 Å². The maximum Gasteiger partial charge on any atom is 0.225 e. The first-order valence-electron chi connectivity index (χ1n) is 8.22. The quantitative estimate of drug-likeness (QED) is 0.768. The largest absolute Gasteiger partial charge is 0.339 e. The molecule has 0 atom stereocenters. The van der Waals surface area contributed by atoms with E-state index < -0.39 is 0 Å². The maximum absolute atomic E-state index is 12.3. The summed E-state index contributed by atoms with van der Waals surface area (Å²) >= 11 is 5.82. The van der Waals surface area contributed by atoms with E-state index in [0.717, 1.165) is 0 Å². The summed E-state index contributed by atoms with van der Waals surface area (Å²) in [6.07, 6.45) is 3.86. The van der Waals surface area contributed by atoms with Crippen molar-refractivity contribution >= 4 is 29.2 Å². The molecule has 1 aliphatic rings. The van der Waals surface area contributed by atoms with E-state index in [-0.39, 0.29) is 24.5 Å². The Balaban J connectivity index is 1.46. The van der Waals surface area contributed by atoms with Crippen molar-refractivity contribution in [3.8, 4) is 0 Å². The SMILES string of the molecule is O=C(CCC(=O)N1CCN(c2ncccn2)CC1)c1ccc(Cl)cc1. The molecule has 3 rings (SSSR count).